The van der Waals surface area contributed by atoms with Crippen LogP contribution in [0.4, 0.5) is 0 Å². The van der Waals surface area contributed by atoms with Gasteiger partial charge in [-0.15, -0.1) is 11.3 Å². The third-order valence-corrected chi connectivity index (χ3v) is 3.40. The topological polar surface area (TPSA) is 45.2 Å². The Kier molecular flexibility index (Phi) is 4.70. The molecule has 1 heterocycles. The zero-order valence-corrected chi connectivity index (χ0v) is 10.5. The minimum absolute atomic E-state index is 0.0507. The zero-order valence-electron chi connectivity index (χ0n) is 9.71. The Bertz CT molecular complexity index is 297. The van der Waals surface area contributed by atoms with Crippen LogP contribution in [0.3, 0.4) is 0 Å². The number of hydrogen-bond donors (Lipinski definition) is 2. The van der Waals surface area contributed by atoms with Crippen molar-refractivity contribution in [3.63, 3.8) is 0 Å². The lowest BCUT2D eigenvalue weighted by atomic mass is 9.95. The highest BCUT2D eigenvalue weighted by Gasteiger charge is 2.15. The molecule has 0 amide bonds. The van der Waals surface area contributed by atoms with Crippen molar-refractivity contribution in [1.29, 1.82) is 0 Å². The van der Waals surface area contributed by atoms with Crippen molar-refractivity contribution in [2.45, 2.75) is 33.7 Å². The molecule has 0 fully saturated rings. The van der Waals surface area contributed by atoms with E-state index < -0.39 is 0 Å². The molecule has 0 aliphatic carbocycles. The first-order valence-electron chi connectivity index (χ1n) is 5.32. The summed E-state index contributed by atoms with van der Waals surface area (Å²) in [5.74, 6) is 0. The Morgan fingerprint density at radius 3 is 2.80 bits per heavy atom. The molecule has 0 radical (unpaired) electrons. The van der Waals surface area contributed by atoms with Crippen LogP contribution in [-0.4, -0.2) is 23.2 Å². The van der Waals surface area contributed by atoms with Crippen molar-refractivity contribution in [2.24, 2.45) is 5.41 Å². The highest BCUT2D eigenvalue weighted by Crippen LogP contribution is 2.14. The van der Waals surface area contributed by atoms with E-state index in [0.717, 1.165) is 24.5 Å². The Labute approximate surface area is 95.6 Å². The molecule has 0 atom stereocenters. The van der Waals surface area contributed by atoms with E-state index in [0.29, 0.717) is 0 Å². The van der Waals surface area contributed by atoms with Crippen molar-refractivity contribution < 1.29 is 5.11 Å². The third kappa shape index (κ3) is 4.28. The normalized spacial score (nSPS) is 12.0. The van der Waals surface area contributed by atoms with Gasteiger partial charge in [-0.1, -0.05) is 20.8 Å². The molecular formula is C11H20N2OS. The first kappa shape index (κ1) is 12.6. The van der Waals surface area contributed by atoms with Crippen molar-refractivity contribution in [3.8, 4) is 0 Å². The quantitative estimate of drug-likeness (QED) is 0.780. The van der Waals surface area contributed by atoms with Crippen LogP contribution >= 0.6 is 11.3 Å². The summed E-state index contributed by atoms with van der Waals surface area (Å²) in [6.45, 7) is 8.04. The standard InChI is InChI=1S/C11H20N2OS/c1-4-9-5-13-10(15-9)6-12-7-11(2,3)8-14/h5,12,14H,4,6-8H2,1-3H3. The lowest BCUT2D eigenvalue weighted by Gasteiger charge is -2.21. The molecule has 0 aliphatic rings. The van der Waals surface area contributed by atoms with E-state index in [1.807, 2.05) is 20.0 Å². The SMILES string of the molecule is CCc1cnc(CNCC(C)(C)CO)s1. The largest absolute Gasteiger partial charge is 0.396 e. The van der Waals surface area contributed by atoms with Crippen molar-refractivity contribution in [3.05, 3.63) is 16.1 Å². The Morgan fingerprint density at radius 2 is 2.27 bits per heavy atom. The van der Waals surface area contributed by atoms with E-state index in [4.69, 9.17) is 5.11 Å². The molecule has 86 valence electrons. The predicted molar refractivity (Wildman–Crippen MR) is 64.1 cm³/mol. The fraction of sp³-hybridized carbons (Fsp3) is 0.727. The van der Waals surface area contributed by atoms with Gasteiger partial charge in [0, 0.05) is 36.2 Å². The molecule has 15 heavy (non-hydrogen) atoms. The van der Waals surface area contributed by atoms with E-state index in [1.165, 1.54) is 4.88 Å². The van der Waals surface area contributed by atoms with Crippen molar-refractivity contribution in [1.82, 2.24) is 10.3 Å². The highest BCUT2D eigenvalue weighted by molar-refractivity contribution is 7.11. The van der Waals surface area contributed by atoms with Gasteiger partial charge in [0.05, 0.1) is 0 Å². The van der Waals surface area contributed by atoms with Crippen molar-refractivity contribution >= 4 is 11.3 Å². The monoisotopic (exact) mass is 228 g/mol. The zero-order chi connectivity index (χ0) is 11.3. The van der Waals surface area contributed by atoms with Gasteiger partial charge in [-0.05, 0) is 6.42 Å². The van der Waals surface area contributed by atoms with Gasteiger partial charge in [-0.3, -0.25) is 0 Å². The van der Waals surface area contributed by atoms with Crippen LogP contribution in [0.5, 0.6) is 0 Å². The summed E-state index contributed by atoms with van der Waals surface area (Å²) in [4.78, 5) is 5.65. The molecule has 3 nitrogen and oxygen atoms in total. The molecule has 0 bridgehead atoms. The van der Waals surface area contributed by atoms with Crippen LogP contribution in [0, 0.1) is 5.41 Å². The first-order valence-corrected chi connectivity index (χ1v) is 6.14. The molecule has 1 aromatic heterocycles. The second-order valence-electron chi connectivity index (χ2n) is 4.50. The molecule has 0 saturated heterocycles. The fourth-order valence-corrected chi connectivity index (χ4v) is 1.99. The number of aromatic nitrogens is 1. The second-order valence-corrected chi connectivity index (χ2v) is 5.70. The summed E-state index contributed by atoms with van der Waals surface area (Å²) in [6.07, 6.45) is 3.00. The number of aliphatic hydroxyl groups is 1. The fourth-order valence-electron chi connectivity index (χ4n) is 1.16. The summed E-state index contributed by atoms with van der Waals surface area (Å²) < 4.78 is 0. The van der Waals surface area contributed by atoms with Gasteiger partial charge in [0.15, 0.2) is 0 Å². The molecular weight excluding hydrogens is 208 g/mol. The lowest BCUT2D eigenvalue weighted by molar-refractivity contribution is 0.156. The van der Waals surface area contributed by atoms with Crippen LogP contribution in [0.2, 0.25) is 0 Å². The number of rotatable bonds is 6. The van der Waals surface area contributed by atoms with E-state index >= 15 is 0 Å². The molecule has 1 rings (SSSR count). The van der Waals surface area contributed by atoms with Crippen LogP contribution in [-0.2, 0) is 13.0 Å². The third-order valence-electron chi connectivity index (χ3n) is 2.26. The minimum atomic E-state index is -0.0507. The minimum Gasteiger partial charge on any atom is -0.396 e. The maximum atomic E-state index is 9.08. The molecule has 0 aliphatic heterocycles. The summed E-state index contributed by atoms with van der Waals surface area (Å²) >= 11 is 1.75. The average Bonchev–Trinajstić information content (AvgIpc) is 2.66. The maximum absolute atomic E-state index is 9.08. The molecule has 0 unspecified atom stereocenters. The predicted octanol–water partition coefficient (Wildman–Crippen LogP) is 1.81. The summed E-state index contributed by atoms with van der Waals surface area (Å²) in [6, 6.07) is 0. The molecule has 0 aromatic carbocycles. The summed E-state index contributed by atoms with van der Waals surface area (Å²) in [7, 11) is 0. The Hall–Kier alpha value is -0.450. The second kappa shape index (κ2) is 5.58. The maximum Gasteiger partial charge on any atom is 0.107 e. The number of aliphatic hydroxyl groups excluding tert-OH is 1. The number of hydrogen-bond acceptors (Lipinski definition) is 4. The van der Waals surface area contributed by atoms with Gasteiger partial charge in [-0.2, -0.15) is 0 Å². The average molecular weight is 228 g/mol. The van der Waals surface area contributed by atoms with Crippen LogP contribution < -0.4 is 5.32 Å². The van der Waals surface area contributed by atoms with E-state index in [2.05, 4.69) is 17.2 Å². The molecule has 4 heteroatoms. The Balaban J connectivity index is 2.31. The molecule has 0 saturated carbocycles. The van der Waals surface area contributed by atoms with Gasteiger partial charge in [-0.25, -0.2) is 4.98 Å². The van der Waals surface area contributed by atoms with E-state index in [-0.39, 0.29) is 12.0 Å². The number of aryl methyl sites for hydroxylation is 1. The van der Waals surface area contributed by atoms with Gasteiger partial charge >= 0.3 is 0 Å². The van der Waals surface area contributed by atoms with Crippen LogP contribution in [0.25, 0.3) is 0 Å². The van der Waals surface area contributed by atoms with Crippen LogP contribution in [0.1, 0.15) is 30.7 Å². The number of thiazole rings is 1. The number of nitrogens with zero attached hydrogens (tertiary/aromatic N) is 1. The van der Waals surface area contributed by atoms with Gasteiger partial charge < -0.3 is 10.4 Å². The Morgan fingerprint density at radius 1 is 1.53 bits per heavy atom. The van der Waals surface area contributed by atoms with Gasteiger partial charge in [0.1, 0.15) is 5.01 Å². The summed E-state index contributed by atoms with van der Waals surface area (Å²) in [5, 5.41) is 13.5. The molecule has 0 spiro atoms. The lowest BCUT2D eigenvalue weighted by Crippen LogP contribution is -2.31. The first-order chi connectivity index (χ1) is 7.07. The summed E-state index contributed by atoms with van der Waals surface area (Å²) in [5.41, 5.74) is -0.0507. The van der Waals surface area contributed by atoms with Crippen LogP contribution in [0.15, 0.2) is 6.20 Å². The highest BCUT2D eigenvalue weighted by atomic mass is 32.1. The number of nitrogens with one attached hydrogen (secondary N) is 1. The van der Waals surface area contributed by atoms with Gasteiger partial charge in [0.25, 0.3) is 0 Å². The van der Waals surface area contributed by atoms with E-state index in [9.17, 15) is 0 Å². The van der Waals surface area contributed by atoms with Crippen molar-refractivity contribution in [2.75, 3.05) is 13.2 Å². The van der Waals surface area contributed by atoms with Gasteiger partial charge in [0.2, 0.25) is 0 Å². The smallest absolute Gasteiger partial charge is 0.107 e. The molecule has 1 aromatic rings. The molecule has 2 N–H and O–H groups in total. The van der Waals surface area contributed by atoms with E-state index in [1.54, 1.807) is 11.3 Å².